The highest BCUT2D eigenvalue weighted by Gasteiger charge is 2.20. The van der Waals surface area contributed by atoms with Crippen molar-refractivity contribution in [3.63, 3.8) is 0 Å². The summed E-state index contributed by atoms with van der Waals surface area (Å²) in [7, 11) is -3.70. The van der Waals surface area contributed by atoms with Gasteiger partial charge in [-0.15, -0.1) is 0 Å². The molecule has 0 fully saturated rings. The van der Waals surface area contributed by atoms with Gasteiger partial charge in [-0.05, 0) is 30.7 Å². The Hall–Kier alpha value is -1.24. The first-order valence-corrected chi connectivity index (χ1v) is 9.65. The molecule has 0 aromatic rings. The van der Waals surface area contributed by atoms with Gasteiger partial charge in [-0.2, -0.15) is 8.42 Å². The maximum atomic E-state index is 10.1. The van der Waals surface area contributed by atoms with Crippen LogP contribution < -0.4 is 4.70 Å². The van der Waals surface area contributed by atoms with Crippen molar-refractivity contribution in [1.82, 2.24) is 0 Å². The predicted molar refractivity (Wildman–Crippen MR) is 101 cm³/mol. The van der Waals surface area contributed by atoms with E-state index >= 15 is 0 Å². The van der Waals surface area contributed by atoms with Crippen LogP contribution in [0.5, 0.6) is 0 Å². The maximum Gasteiger partial charge on any atom is 0.264 e. The summed E-state index contributed by atoms with van der Waals surface area (Å²) in [4.78, 5) is 0. The third-order valence-electron chi connectivity index (χ3n) is 3.32. The number of unbranched alkanes of at least 4 members (excludes halogenated alkanes) is 3. The molecule has 0 unspecified atom stereocenters. The second-order valence-corrected chi connectivity index (χ2v) is 7.15. The van der Waals surface area contributed by atoms with Gasteiger partial charge in [0.1, 0.15) is 0 Å². The molecule has 142 valence electrons. The van der Waals surface area contributed by atoms with Crippen molar-refractivity contribution >= 4 is 10.1 Å². The van der Waals surface area contributed by atoms with Crippen molar-refractivity contribution in [2.45, 2.75) is 32.6 Å². The molecule has 0 aromatic heterocycles. The van der Waals surface area contributed by atoms with E-state index in [1.165, 1.54) is 0 Å². The Kier molecular flexibility index (Phi) is 19.1. The highest BCUT2D eigenvalue weighted by Crippen LogP contribution is 2.07. The number of rotatable bonds is 13. The molecule has 0 atom stereocenters. The molecular formula is C18H34FNO3S. The number of hydrogen-bond donors (Lipinski definition) is 1. The fraction of sp³-hybridized carbons (Fsp3) is 0.556. The SMILES string of the molecule is C=CC[N+](CC=C)(CC=C)CC=C.CCCCCCS(=O)(=O)O.[F-]. The zero-order valence-electron chi connectivity index (χ0n) is 15.0. The van der Waals surface area contributed by atoms with Crippen LogP contribution in [0.4, 0.5) is 0 Å². The Morgan fingerprint density at radius 1 is 0.833 bits per heavy atom. The van der Waals surface area contributed by atoms with E-state index in [1.807, 2.05) is 31.2 Å². The van der Waals surface area contributed by atoms with Crippen LogP contribution in [0.1, 0.15) is 32.6 Å². The van der Waals surface area contributed by atoms with Crippen LogP contribution >= 0.6 is 0 Å². The average Bonchev–Trinajstić information content (AvgIpc) is 2.44. The Bertz CT molecular complexity index is 402. The summed E-state index contributed by atoms with van der Waals surface area (Å²) in [5.74, 6) is -0.0903. The molecule has 0 amide bonds. The first-order valence-electron chi connectivity index (χ1n) is 8.04. The van der Waals surface area contributed by atoms with Gasteiger partial charge in [0.05, 0.1) is 31.9 Å². The first kappa shape index (κ1) is 27.6. The van der Waals surface area contributed by atoms with E-state index in [0.717, 1.165) is 49.9 Å². The predicted octanol–water partition coefficient (Wildman–Crippen LogP) is 1.01. The van der Waals surface area contributed by atoms with Crippen molar-refractivity contribution in [1.29, 1.82) is 0 Å². The standard InChI is InChI=1S/C12H20N.C6H14O3S.FH/c1-5-9-13(10-6-2,11-7-3)12-8-4;1-2-3-4-5-6-10(7,8)9;/h5-8H,1-4,9-12H2;2-6H2,1H3,(H,7,8,9);1H/q+1;;/p-1. The molecule has 0 saturated heterocycles. The van der Waals surface area contributed by atoms with Crippen LogP contribution in [0.15, 0.2) is 50.6 Å². The third-order valence-corrected chi connectivity index (χ3v) is 4.13. The lowest BCUT2D eigenvalue weighted by Gasteiger charge is -2.35. The molecule has 0 aromatic carbocycles. The third kappa shape index (κ3) is 17.1. The van der Waals surface area contributed by atoms with E-state index in [-0.39, 0.29) is 10.5 Å². The first-order chi connectivity index (χ1) is 10.8. The van der Waals surface area contributed by atoms with E-state index in [0.29, 0.717) is 6.42 Å². The second kappa shape index (κ2) is 16.6. The monoisotopic (exact) mass is 363 g/mol. The molecule has 0 aliphatic carbocycles. The average molecular weight is 364 g/mol. The van der Waals surface area contributed by atoms with Crippen molar-refractivity contribution in [3.8, 4) is 0 Å². The smallest absolute Gasteiger partial charge is 0.264 e. The summed E-state index contributed by atoms with van der Waals surface area (Å²) in [6.07, 6.45) is 11.3. The lowest BCUT2D eigenvalue weighted by Crippen LogP contribution is -3.00. The largest absolute Gasteiger partial charge is 1.00 e. The minimum absolute atomic E-state index is 0. The minimum atomic E-state index is -3.70. The van der Waals surface area contributed by atoms with Crippen LogP contribution in [0.25, 0.3) is 0 Å². The highest BCUT2D eigenvalue weighted by atomic mass is 32.2. The van der Waals surface area contributed by atoms with Crippen LogP contribution in [0, 0.1) is 0 Å². The molecule has 1 N–H and O–H groups in total. The van der Waals surface area contributed by atoms with Crippen LogP contribution in [-0.4, -0.2) is 49.4 Å². The number of nitrogens with zero attached hydrogens (tertiary/aromatic N) is 1. The molecule has 0 saturated carbocycles. The molecule has 0 rings (SSSR count). The second-order valence-electron chi connectivity index (χ2n) is 5.57. The van der Waals surface area contributed by atoms with Gasteiger partial charge in [-0.1, -0.05) is 52.5 Å². The molecule has 0 aliphatic rings. The summed E-state index contributed by atoms with van der Waals surface area (Å²) in [5.41, 5.74) is 0. The van der Waals surface area contributed by atoms with Crippen LogP contribution in [0.3, 0.4) is 0 Å². The summed E-state index contributed by atoms with van der Waals surface area (Å²) in [6.45, 7) is 20.9. The van der Waals surface area contributed by atoms with Gasteiger partial charge in [0.15, 0.2) is 0 Å². The summed E-state index contributed by atoms with van der Waals surface area (Å²) >= 11 is 0. The van der Waals surface area contributed by atoms with Gasteiger partial charge in [0.2, 0.25) is 0 Å². The summed E-state index contributed by atoms with van der Waals surface area (Å²) in [5, 5.41) is 0. The van der Waals surface area contributed by atoms with E-state index < -0.39 is 10.1 Å². The zero-order valence-corrected chi connectivity index (χ0v) is 15.8. The van der Waals surface area contributed by atoms with Gasteiger partial charge < -0.3 is 9.19 Å². The molecule has 4 nitrogen and oxygen atoms in total. The number of halogens is 1. The molecular weight excluding hydrogens is 329 g/mol. The van der Waals surface area contributed by atoms with Crippen molar-refractivity contribution < 1.29 is 22.2 Å². The van der Waals surface area contributed by atoms with Gasteiger partial charge in [-0.3, -0.25) is 4.55 Å². The topological polar surface area (TPSA) is 54.4 Å². The van der Waals surface area contributed by atoms with Gasteiger partial charge >= 0.3 is 0 Å². The fourth-order valence-electron chi connectivity index (χ4n) is 2.25. The van der Waals surface area contributed by atoms with E-state index in [2.05, 4.69) is 26.3 Å². The minimum Gasteiger partial charge on any atom is -1.00 e. The Balaban J connectivity index is -0.000000364. The van der Waals surface area contributed by atoms with E-state index in [4.69, 9.17) is 4.55 Å². The Labute approximate surface area is 148 Å². The molecule has 6 heteroatoms. The van der Waals surface area contributed by atoms with Gasteiger partial charge in [0, 0.05) is 0 Å². The normalized spacial score (nSPS) is 10.6. The van der Waals surface area contributed by atoms with Crippen molar-refractivity contribution in [3.05, 3.63) is 50.6 Å². The van der Waals surface area contributed by atoms with Gasteiger partial charge in [0.25, 0.3) is 10.1 Å². The van der Waals surface area contributed by atoms with Crippen LogP contribution in [0.2, 0.25) is 0 Å². The van der Waals surface area contributed by atoms with E-state index in [9.17, 15) is 8.42 Å². The Morgan fingerprint density at radius 3 is 1.46 bits per heavy atom. The van der Waals surface area contributed by atoms with Crippen molar-refractivity contribution in [2.75, 3.05) is 31.9 Å². The lowest BCUT2D eigenvalue weighted by molar-refractivity contribution is -0.906. The lowest BCUT2D eigenvalue weighted by atomic mass is 10.2. The molecule has 24 heavy (non-hydrogen) atoms. The number of quaternary nitrogens is 1. The maximum absolute atomic E-state index is 10.1. The molecule has 0 heterocycles. The summed E-state index contributed by atoms with van der Waals surface area (Å²) in [6, 6.07) is 0. The van der Waals surface area contributed by atoms with Gasteiger partial charge in [-0.25, -0.2) is 0 Å². The van der Waals surface area contributed by atoms with Crippen molar-refractivity contribution in [2.24, 2.45) is 0 Å². The Morgan fingerprint density at radius 2 is 1.21 bits per heavy atom. The summed E-state index contributed by atoms with van der Waals surface area (Å²) < 4.78 is 29.5. The zero-order chi connectivity index (χ0) is 18.2. The van der Waals surface area contributed by atoms with Crippen LogP contribution in [-0.2, 0) is 10.1 Å². The highest BCUT2D eigenvalue weighted by molar-refractivity contribution is 7.85. The molecule has 0 aliphatic heterocycles. The van der Waals surface area contributed by atoms with E-state index in [1.54, 1.807) is 0 Å². The molecule has 0 bridgehead atoms. The molecule has 0 radical (unpaired) electrons. The number of hydrogen-bond acceptors (Lipinski definition) is 2. The quantitative estimate of drug-likeness (QED) is 0.230. The fourth-order valence-corrected chi connectivity index (χ4v) is 2.82. The molecule has 0 spiro atoms.